The lowest BCUT2D eigenvalue weighted by Crippen LogP contribution is -2.51. The van der Waals surface area contributed by atoms with Gasteiger partial charge in [0.2, 0.25) is 0 Å². The van der Waals surface area contributed by atoms with Crippen LogP contribution in [0.5, 0.6) is 11.5 Å². The quantitative estimate of drug-likeness (QED) is 0.197. The Morgan fingerprint density at radius 1 is 0.750 bits per heavy atom. The van der Waals surface area contributed by atoms with E-state index in [1.807, 2.05) is 0 Å². The van der Waals surface area contributed by atoms with Gasteiger partial charge in [0, 0.05) is 6.42 Å². The highest BCUT2D eigenvalue weighted by molar-refractivity contribution is 5.89. The number of rotatable bonds is 17. The second kappa shape index (κ2) is 17.5. The molecule has 0 aliphatic heterocycles. The molecule has 2 rings (SSSR count). The van der Waals surface area contributed by atoms with E-state index >= 15 is 0 Å². The Morgan fingerprint density at radius 3 is 1.77 bits per heavy atom. The SMILES string of the molecule is COc1ccc(COC(=O)CCC(NC(=O)NC(CCCCN)C(C)=O)C(=O)OCc2ccc(OC)cc2)cc1. The van der Waals surface area contributed by atoms with E-state index in [9.17, 15) is 19.2 Å². The van der Waals surface area contributed by atoms with Crippen molar-refractivity contribution in [1.82, 2.24) is 10.6 Å². The Morgan fingerprint density at radius 2 is 1.27 bits per heavy atom. The third kappa shape index (κ3) is 11.7. The summed E-state index contributed by atoms with van der Waals surface area (Å²) in [6.45, 7) is 1.87. The maximum Gasteiger partial charge on any atom is 0.329 e. The molecule has 2 unspecified atom stereocenters. The zero-order valence-electron chi connectivity index (χ0n) is 23.3. The fraction of sp³-hybridized carbons (Fsp3) is 0.448. The van der Waals surface area contributed by atoms with Crippen molar-refractivity contribution in [3.8, 4) is 11.5 Å². The molecule has 2 aromatic rings. The van der Waals surface area contributed by atoms with Crippen molar-refractivity contribution in [2.75, 3.05) is 20.8 Å². The average Bonchev–Trinajstić information content (AvgIpc) is 2.96. The number of hydrogen-bond acceptors (Lipinski definition) is 9. The smallest absolute Gasteiger partial charge is 0.329 e. The van der Waals surface area contributed by atoms with Crippen LogP contribution >= 0.6 is 0 Å². The van der Waals surface area contributed by atoms with Crippen LogP contribution in [-0.4, -0.2) is 56.6 Å². The second-order valence-corrected chi connectivity index (χ2v) is 9.12. The maximum absolute atomic E-state index is 12.9. The van der Waals surface area contributed by atoms with Gasteiger partial charge in [0.1, 0.15) is 30.8 Å². The van der Waals surface area contributed by atoms with Crippen molar-refractivity contribution in [3.05, 3.63) is 59.7 Å². The van der Waals surface area contributed by atoms with Gasteiger partial charge in [-0.05, 0) is 74.5 Å². The van der Waals surface area contributed by atoms with Crippen LogP contribution in [0.15, 0.2) is 48.5 Å². The number of esters is 2. The molecule has 2 amide bonds. The number of unbranched alkanes of at least 4 members (excludes halogenated alkanes) is 1. The Bertz CT molecular complexity index is 1090. The van der Waals surface area contributed by atoms with E-state index in [2.05, 4.69) is 10.6 Å². The fourth-order valence-corrected chi connectivity index (χ4v) is 3.67. The molecule has 0 heterocycles. The molecular weight excluding hydrogens is 518 g/mol. The van der Waals surface area contributed by atoms with E-state index in [-0.39, 0.29) is 31.8 Å². The Kier molecular flexibility index (Phi) is 14.0. The molecule has 0 saturated carbocycles. The van der Waals surface area contributed by atoms with Crippen molar-refractivity contribution < 1.29 is 38.1 Å². The van der Waals surface area contributed by atoms with Crippen molar-refractivity contribution in [2.24, 2.45) is 5.73 Å². The normalized spacial score (nSPS) is 12.0. The van der Waals surface area contributed by atoms with E-state index in [0.29, 0.717) is 42.9 Å². The van der Waals surface area contributed by atoms with Crippen LogP contribution < -0.4 is 25.8 Å². The third-order valence-corrected chi connectivity index (χ3v) is 6.07. The minimum absolute atomic E-state index is 0.0420. The van der Waals surface area contributed by atoms with Crippen LogP contribution in [0.4, 0.5) is 4.79 Å². The number of carbonyl (C=O) groups is 4. The standard InChI is InChI=1S/C29H39N3O8/c1-20(33)25(6-4-5-17-30)31-29(36)32-26(28(35)40-19-22-9-13-24(38-3)14-10-22)15-16-27(34)39-18-21-7-11-23(37-2)12-8-21/h7-14,25-26H,4-6,15-19,30H2,1-3H3,(H2,31,32,36). The summed E-state index contributed by atoms with van der Waals surface area (Å²) in [4.78, 5) is 50.0. The highest BCUT2D eigenvalue weighted by Gasteiger charge is 2.26. The van der Waals surface area contributed by atoms with Crippen molar-refractivity contribution in [2.45, 2.75) is 64.3 Å². The second-order valence-electron chi connectivity index (χ2n) is 9.12. The highest BCUT2D eigenvalue weighted by atomic mass is 16.5. The number of urea groups is 1. The number of ether oxygens (including phenoxy) is 4. The molecule has 0 saturated heterocycles. The largest absolute Gasteiger partial charge is 0.497 e. The van der Waals surface area contributed by atoms with Crippen LogP contribution in [0.1, 0.15) is 50.2 Å². The molecular formula is C29H39N3O8. The zero-order valence-corrected chi connectivity index (χ0v) is 23.3. The lowest BCUT2D eigenvalue weighted by molar-refractivity contribution is -0.148. The van der Waals surface area contributed by atoms with E-state index in [1.165, 1.54) is 6.92 Å². The number of Topliss-reactive ketones (excluding diaryl/α,β-unsaturated/α-hetero) is 1. The monoisotopic (exact) mass is 557 g/mol. The van der Waals surface area contributed by atoms with Crippen LogP contribution in [0.2, 0.25) is 0 Å². The van der Waals surface area contributed by atoms with Gasteiger partial charge < -0.3 is 35.3 Å². The topological polar surface area (TPSA) is 155 Å². The molecule has 0 aliphatic carbocycles. The molecule has 0 bridgehead atoms. The number of benzene rings is 2. The van der Waals surface area contributed by atoms with Crippen LogP contribution in [0, 0.1) is 0 Å². The van der Waals surface area contributed by atoms with E-state index < -0.39 is 30.1 Å². The minimum Gasteiger partial charge on any atom is -0.497 e. The summed E-state index contributed by atoms with van der Waals surface area (Å²) in [7, 11) is 3.11. The van der Waals surface area contributed by atoms with Gasteiger partial charge in [-0.25, -0.2) is 9.59 Å². The highest BCUT2D eigenvalue weighted by Crippen LogP contribution is 2.14. The number of methoxy groups -OCH3 is 2. The first-order chi connectivity index (χ1) is 19.2. The van der Waals surface area contributed by atoms with Crippen LogP contribution in [0.25, 0.3) is 0 Å². The summed E-state index contributed by atoms with van der Waals surface area (Å²) in [6, 6.07) is 11.4. The molecule has 0 aromatic heterocycles. The molecule has 0 radical (unpaired) electrons. The first-order valence-electron chi connectivity index (χ1n) is 13.1. The van der Waals surface area contributed by atoms with Crippen molar-refractivity contribution in [1.29, 1.82) is 0 Å². The van der Waals surface area contributed by atoms with Gasteiger partial charge in [-0.15, -0.1) is 0 Å². The van der Waals surface area contributed by atoms with Gasteiger partial charge in [0.05, 0.1) is 20.3 Å². The summed E-state index contributed by atoms with van der Waals surface area (Å²) >= 11 is 0. The summed E-state index contributed by atoms with van der Waals surface area (Å²) in [5.74, 6) is -0.147. The molecule has 218 valence electrons. The molecule has 0 aliphatic rings. The van der Waals surface area contributed by atoms with Gasteiger partial charge in [-0.1, -0.05) is 24.3 Å². The van der Waals surface area contributed by atoms with Gasteiger partial charge in [-0.3, -0.25) is 9.59 Å². The van der Waals surface area contributed by atoms with Gasteiger partial charge in [0.25, 0.3) is 0 Å². The van der Waals surface area contributed by atoms with E-state index in [1.54, 1.807) is 62.8 Å². The predicted octanol–water partition coefficient (Wildman–Crippen LogP) is 3.03. The number of nitrogens with two attached hydrogens (primary N) is 1. The van der Waals surface area contributed by atoms with Crippen LogP contribution in [0.3, 0.4) is 0 Å². The summed E-state index contributed by atoms with van der Waals surface area (Å²) in [5, 5.41) is 5.15. The number of hydrogen-bond donors (Lipinski definition) is 3. The summed E-state index contributed by atoms with van der Waals surface area (Å²) in [5.41, 5.74) is 7.00. The minimum atomic E-state index is -1.15. The van der Waals surface area contributed by atoms with Crippen molar-refractivity contribution >= 4 is 23.8 Å². The Labute approximate surface area is 234 Å². The Hall–Kier alpha value is -4.12. The van der Waals surface area contributed by atoms with Gasteiger partial charge in [0.15, 0.2) is 5.78 Å². The molecule has 40 heavy (non-hydrogen) atoms. The summed E-state index contributed by atoms with van der Waals surface area (Å²) in [6.07, 6.45) is 1.59. The third-order valence-electron chi connectivity index (χ3n) is 6.07. The first-order valence-corrected chi connectivity index (χ1v) is 13.1. The number of amides is 2. The summed E-state index contributed by atoms with van der Waals surface area (Å²) < 4.78 is 21.0. The van der Waals surface area contributed by atoms with Crippen molar-refractivity contribution in [3.63, 3.8) is 0 Å². The lowest BCUT2D eigenvalue weighted by atomic mass is 10.1. The predicted molar refractivity (Wildman–Crippen MR) is 148 cm³/mol. The maximum atomic E-state index is 12.9. The first kappa shape index (κ1) is 32.1. The molecule has 11 nitrogen and oxygen atoms in total. The van der Waals surface area contributed by atoms with Gasteiger partial charge >= 0.3 is 18.0 Å². The van der Waals surface area contributed by atoms with Gasteiger partial charge in [-0.2, -0.15) is 0 Å². The zero-order chi connectivity index (χ0) is 29.3. The number of ketones is 1. The average molecular weight is 558 g/mol. The molecule has 11 heteroatoms. The molecule has 2 aromatic carbocycles. The molecule has 4 N–H and O–H groups in total. The fourth-order valence-electron chi connectivity index (χ4n) is 3.67. The lowest BCUT2D eigenvalue weighted by Gasteiger charge is -2.21. The number of carbonyl (C=O) groups excluding carboxylic acids is 4. The number of nitrogens with one attached hydrogen (secondary N) is 2. The molecule has 2 atom stereocenters. The van der Waals surface area contributed by atoms with E-state index in [4.69, 9.17) is 24.7 Å². The molecule has 0 fully saturated rings. The Balaban J connectivity index is 1.99. The molecule has 0 spiro atoms. The van der Waals surface area contributed by atoms with Crippen LogP contribution in [-0.2, 0) is 37.1 Å². The van der Waals surface area contributed by atoms with E-state index in [0.717, 1.165) is 5.56 Å².